The predicted octanol–water partition coefficient (Wildman–Crippen LogP) is 2.14. The quantitative estimate of drug-likeness (QED) is 0.727. The van der Waals surface area contributed by atoms with E-state index >= 15 is 0 Å². The number of sulfonamides is 1. The van der Waals surface area contributed by atoms with E-state index in [1.54, 1.807) is 24.3 Å². The summed E-state index contributed by atoms with van der Waals surface area (Å²) in [5, 5.41) is 11.1. The van der Waals surface area contributed by atoms with Crippen LogP contribution >= 0.6 is 11.3 Å². The number of rotatable bonds is 6. The second-order valence-electron chi connectivity index (χ2n) is 6.21. The van der Waals surface area contributed by atoms with E-state index in [-0.39, 0.29) is 23.8 Å². The third kappa shape index (κ3) is 4.32. The van der Waals surface area contributed by atoms with Crippen LogP contribution in [0.2, 0.25) is 0 Å². The van der Waals surface area contributed by atoms with Crippen LogP contribution in [-0.2, 0) is 32.2 Å². The van der Waals surface area contributed by atoms with Gasteiger partial charge in [-0.25, -0.2) is 16.8 Å². The Morgan fingerprint density at radius 2 is 2.00 bits per heavy atom. The minimum atomic E-state index is -3.79. The number of nitriles is 1. The Hall–Kier alpha value is -1.73. The van der Waals surface area contributed by atoms with Crippen LogP contribution in [0.3, 0.4) is 0 Å². The van der Waals surface area contributed by atoms with Crippen molar-refractivity contribution in [3.05, 3.63) is 57.8 Å². The summed E-state index contributed by atoms with van der Waals surface area (Å²) in [5.74, 6) is -0.473. The van der Waals surface area contributed by atoms with Gasteiger partial charge in [0.2, 0.25) is 10.0 Å². The topological polar surface area (TPSA) is 95.3 Å². The van der Waals surface area contributed by atoms with Crippen molar-refractivity contribution >= 4 is 31.2 Å². The normalized spacial score (nSPS) is 19.5. The molecule has 0 unspecified atom stereocenters. The van der Waals surface area contributed by atoms with Crippen LogP contribution < -0.4 is 0 Å². The van der Waals surface area contributed by atoms with Crippen LogP contribution in [0, 0.1) is 11.3 Å². The highest BCUT2D eigenvalue weighted by Gasteiger charge is 2.38. The minimum Gasteiger partial charge on any atom is -0.229 e. The second-order valence-corrected chi connectivity index (χ2v) is 11.4. The number of thiophene rings is 1. The maximum Gasteiger partial charge on any atom is 0.218 e. The van der Waals surface area contributed by atoms with Crippen molar-refractivity contribution in [3.8, 4) is 6.07 Å². The summed E-state index contributed by atoms with van der Waals surface area (Å²) >= 11 is 1.43. The van der Waals surface area contributed by atoms with Gasteiger partial charge in [0, 0.05) is 17.5 Å². The summed E-state index contributed by atoms with van der Waals surface area (Å²) in [4.78, 5) is 0.853. The lowest BCUT2D eigenvalue weighted by Crippen LogP contribution is -2.41. The van der Waals surface area contributed by atoms with Crippen LogP contribution in [0.15, 0.2) is 41.8 Å². The standard InChI is InChI=1S/C17H18N2O4S3/c18-10-14-4-1-2-5-15(14)12-26(22,23)19(11-17-6-3-8-24-17)16-7-9-25(20,21)13-16/h1-6,8,16H,7,9,11-13H2/t16-/m0/s1. The molecule has 26 heavy (non-hydrogen) atoms. The van der Waals surface area contributed by atoms with Crippen molar-refractivity contribution in [2.45, 2.75) is 24.8 Å². The molecule has 0 amide bonds. The Labute approximate surface area is 157 Å². The van der Waals surface area contributed by atoms with Gasteiger partial charge in [0.05, 0.1) is 28.9 Å². The summed E-state index contributed by atoms with van der Waals surface area (Å²) in [6.45, 7) is 0.148. The molecule has 1 saturated heterocycles. The Bertz CT molecular complexity index is 1020. The molecule has 1 aliphatic heterocycles. The molecule has 2 aromatic rings. The maximum atomic E-state index is 13.1. The number of sulfone groups is 1. The molecule has 0 saturated carbocycles. The fourth-order valence-electron chi connectivity index (χ4n) is 3.05. The smallest absolute Gasteiger partial charge is 0.218 e. The molecule has 6 nitrogen and oxygen atoms in total. The first-order valence-electron chi connectivity index (χ1n) is 8.01. The largest absolute Gasteiger partial charge is 0.229 e. The zero-order valence-corrected chi connectivity index (χ0v) is 16.4. The molecule has 0 aliphatic carbocycles. The summed E-state index contributed by atoms with van der Waals surface area (Å²) in [5.41, 5.74) is 0.734. The average molecular weight is 411 g/mol. The second kappa shape index (κ2) is 7.48. The third-order valence-corrected chi connectivity index (χ3v) is 8.77. The van der Waals surface area contributed by atoms with Crippen molar-refractivity contribution < 1.29 is 16.8 Å². The van der Waals surface area contributed by atoms with Crippen molar-refractivity contribution in [2.75, 3.05) is 11.5 Å². The lowest BCUT2D eigenvalue weighted by Gasteiger charge is -2.27. The highest BCUT2D eigenvalue weighted by Crippen LogP contribution is 2.26. The molecule has 3 rings (SSSR count). The Kier molecular flexibility index (Phi) is 5.48. The average Bonchev–Trinajstić information content (AvgIpc) is 3.21. The number of hydrogen-bond donors (Lipinski definition) is 0. The van der Waals surface area contributed by atoms with Crippen molar-refractivity contribution in [1.29, 1.82) is 5.26 Å². The number of nitrogens with zero attached hydrogens (tertiary/aromatic N) is 2. The Morgan fingerprint density at radius 1 is 1.23 bits per heavy atom. The monoisotopic (exact) mass is 410 g/mol. The molecule has 0 N–H and O–H groups in total. The van der Waals surface area contributed by atoms with E-state index in [9.17, 15) is 22.1 Å². The molecule has 0 spiro atoms. The molecule has 1 aromatic heterocycles. The molecule has 1 aromatic carbocycles. The van der Waals surface area contributed by atoms with E-state index < -0.39 is 25.9 Å². The molecule has 1 atom stereocenters. The molecular weight excluding hydrogens is 392 g/mol. The fraction of sp³-hybridized carbons (Fsp3) is 0.353. The van der Waals surface area contributed by atoms with E-state index in [1.807, 2.05) is 23.6 Å². The van der Waals surface area contributed by atoms with Crippen LogP contribution in [0.25, 0.3) is 0 Å². The Balaban J connectivity index is 1.93. The van der Waals surface area contributed by atoms with Crippen LogP contribution in [-0.4, -0.2) is 38.7 Å². The van der Waals surface area contributed by atoms with Gasteiger partial charge in [0.25, 0.3) is 0 Å². The molecule has 138 valence electrons. The van der Waals surface area contributed by atoms with Gasteiger partial charge < -0.3 is 0 Å². The van der Waals surface area contributed by atoms with Gasteiger partial charge in [0.1, 0.15) is 0 Å². The highest BCUT2D eigenvalue weighted by molar-refractivity contribution is 7.92. The molecule has 9 heteroatoms. The van der Waals surface area contributed by atoms with Gasteiger partial charge in [-0.2, -0.15) is 9.57 Å². The zero-order valence-electron chi connectivity index (χ0n) is 13.9. The van der Waals surface area contributed by atoms with Gasteiger partial charge in [-0.3, -0.25) is 0 Å². The van der Waals surface area contributed by atoms with E-state index in [0.29, 0.717) is 17.5 Å². The summed E-state index contributed by atoms with van der Waals surface area (Å²) < 4.78 is 51.3. The Morgan fingerprint density at radius 3 is 2.62 bits per heavy atom. The third-order valence-electron chi connectivity index (χ3n) is 4.34. The van der Waals surface area contributed by atoms with Gasteiger partial charge in [-0.1, -0.05) is 24.3 Å². The first kappa shape index (κ1) is 19.0. The van der Waals surface area contributed by atoms with E-state index in [2.05, 4.69) is 0 Å². The zero-order chi connectivity index (χ0) is 18.8. The lowest BCUT2D eigenvalue weighted by atomic mass is 10.1. The predicted molar refractivity (Wildman–Crippen MR) is 101 cm³/mol. The van der Waals surface area contributed by atoms with E-state index in [4.69, 9.17) is 0 Å². The summed E-state index contributed by atoms with van der Waals surface area (Å²) in [6.07, 6.45) is 0.298. The van der Waals surface area contributed by atoms with Gasteiger partial charge >= 0.3 is 0 Å². The van der Waals surface area contributed by atoms with Crippen LogP contribution in [0.4, 0.5) is 0 Å². The van der Waals surface area contributed by atoms with Gasteiger partial charge in [-0.05, 0) is 29.5 Å². The molecule has 2 heterocycles. The maximum absolute atomic E-state index is 13.1. The molecule has 0 radical (unpaired) electrons. The van der Waals surface area contributed by atoms with Crippen LogP contribution in [0.5, 0.6) is 0 Å². The van der Waals surface area contributed by atoms with Crippen molar-refractivity contribution in [3.63, 3.8) is 0 Å². The first-order valence-corrected chi connectivity index (χ1v) is 12.3. The molecule has 1 aliphatic rings. The molecular formula is C17H18N2O4S3. The minimum absolute atomic E-state index is 0.00289. The first-order chi connectivity index (χ1) is 12.3. The summed E-state index contributed by atoms with van der Waals surface area (Å²) in [7, 11) is -7.01. The highest BCUT2D eigenvalue weighted by atomic mass is 32.2. The van der Waals surface area contributed by atoms with E-state index in [0.717, 1.165) is 4.88 Å². The van der Waals surface area contributed by atoms with Gasteiger partial charge in [-0.15, -0.1) is 11.3 Å². The summed E-state index contributed by atoms with van der Waals surface area (Å²) in [6, 6.07) is 11.7. The molecule has 1 fully saturated rings. The SMILES string of the molecule is N#Cc1ccccc1CS(=O)(=O)N(Cc1cccs1)[C@H]1CCS(=O)(=O)C1. The van der Waals surface area contributed by atoms with E-state index in [1.165, 1.54) is 15.6 Å². The number of benzene rings is 1. The van der Waals surface area contributed by atoms with Crippen LogP contribution in [0.1, 0.15) is 22.4 Å². The fourth-order valence-corrected chi connectivity index (χ4v) is 7.44. The lowest BCUT2D eigenvalue weighted by molar-refractivity contribution is 0.336. The van der Waals surface area contributed by atoms with Crippen molar-refractivity contribution in [1.82, 2.24) is 4.31 Å². The number of hydrogen-bond acceptors (Lipinski definition) is 6. The molecule has 0 bridgehead atoms. The van der Waals surface area contributed by atoms with Crippen molar-refractivity contribution in [2.24, 2.45) is 0 Å². The van der Waals surface area contributed by atoms with Gasteiger partial charge in [0.15, 0.2) is 9.84 Å².